The molecular formula is C36H29N. The largest absolute Gasteiger partial charge is 0.309 e. The molecule has 0 saturated carbocycles. The van der Waals surface area contributed by atoms with Crippen molar-refractivity contribution in [2.75, 3.05) is 0 Å². The molecule has 0 atom stereocenters. The highest BCUT2D eigenvalue weighted by molar-refractivity contribution is 6.13. The Morgan fingerprint density at radius 1 is 0.459 bits per heavy atom. The summed E-state index contributed by atoms with van der Waals surface area (Å²) in [4.78, 5) is 0. The minimum absolute atomic E-state index is 0.0398. The number of fused-ring (bicyclic) bond motifs is 11. The molecule has 0 unspecified atom stereocenters. The van der Waals surface area contributed by atoms with Gasteiger partial charge in [-0.2, -0.15) is 0 Å². The minimum Gasteiger partial charge on any atom is -0.309 e. The summed E-state index contributed by atoms with van der Waals surface area (Å²) >= 11 is 0. The van der Waals surface area contributed by atoms with Gasteiger partial charge in [-0.25, -0.2) is 0 Å². The van der Waals surface area contributed by atoms with Gasteiger partial charge in [-0.15, -0.1) is 0 Å². The van der Waals surface area contributed by atoms with E-state index in [2.05, 4.69) is 135 Å². The van der Waals surface area contributed by atoms with Crippen molar-refractivity contribution in [2.45, 2.75) is 38.5 Å². The first-order chi connectivity index (χ1) is 17.9. The van der Waals surface area contributed by atoms with Crippen LogP contribution in [0.5, 0.6) is 0 Å². The molecule has 0 bridgehead atoms. The number of hydrogen-bond acceptors (Lipinski definition) is 0. The van der Waals surface area contributed by atoms with E-state index in [-0.39, 0.29) is 10.8 Å². The Labute approximate surface area is 218 Å². The Kier molecular flexibility index (Phi) is 3.87. The van der Waals surface area contributed by atoms with Gasteiger partial charge < -0.3 is 4.57 Å². The summed E-state index contributed by atoms with van der Waals surface area (Å²) in [6.07, 6.45) is 0. The lowest BCUT2D eigenvalue weighted by Gasteiger charge is -2.31. The highest BCUT2D eigenvalue weighted by Crippen LogP contribution is 2.60. The fourth-order valence-corrected chi connectivity index (χ4v) is 7.63. The SMILES string of the molecule is CC1(C)c2ccccc2-c2ccc3c(c21)C(C)(C)c1c-3ccc2c3ccccc3n(-c3ccccc3)c12. The van der Waals surface area contributed by atoms with Crippen LogP contribution in [0.15, 0.2) is 103 Å². The number of aromatic nitrogens is 1. The third kappa shape index (κ3) is 2.45. The zero-order chi connectivity index (χ0) is 25.1. The molecule has 0 aliphatic heterocycles. The minimum atomic E-state index is -0.143. The molecule has 5 aromatic carbocycles. The molecule has 1 heteroatoms. The van der Waals surface area contributed by atoms with E-state index in [4.69, 9.17) is 0 Å². The Morgan fingerprint density at radius 3 is 1.86 bits per heavy atom. The summed E-state index contributed by atoms with van der Waals surface area (Å²) in [5, 5.41) is 2.65. The maximum Gasteiger partial charge on any atom is 0.0588 e. The molecule has 37 heavy (non-hydrogen) atoms. The van der Waals surface area contributed by atoms with Crippen LogP contribution in [0.1, 0.15) is 49.9 Å². The number of hydrogen-bond donors (Lipinski definition) is 0. The Morgan fingerprint density at radius 2 is 1.05 bits per heavy atom. The van der Waals surface area contributed by atoms with E-state index in [1.165, 1.54) is 72.0 Å². The van der Waals surface area contributed by atoms with Crippen LogP contribution in [0.4, 0.5) is 0 Å². The van der Waals surface area contributed by atoms with Gasteiger partial charge in [-0.3, -0.25) is 0 Å². The maximum atomic E-state index is 2.50. The molecule has 0 spiro atoms. The third-order valence-electron chi connectivity index (χ3n) is 9.11. The summed E-state index contributed by atoms with van der Waals surface area (Å²) in [7, 11) is 0. The van der Waals surface area contributed by atoms with E-state index in [0.717, 1.165) is 0 Å². The Bertz CT molecular complexity index is 1910. The fraction of sp³-hybridized carbons (Fsp3) is 0.167. The van der Waals surface area contributed by atoms with Gasteiger partial charge in [0.25, 0.3) is 0 Å². The standard InChI is InChI=1S/C36H29N/c1-35(2)29-16-10-8-14-23(29)25-18-19-26-27-20-21-28-24-15-9-11-17-30(24)37(22-12-6-5-7-13-22)34(28)33(27)36(3,4)32(26)31(25)35/h5-21H,1-4H3. The first-order valence-electron chi connectivity index (χ1n) is 13.3. The topological polar surface area (TPSA) is 4.93 Å². The quantitative estimate of drug-likeness (QED) is 0.223. The van der Waals surface area contributed by atoms with Crippen LogP contribution >= 0.6 is 0 Å². The van der Waals surface area contributed by atoms with Gasteiger partial charge in [-0.1, -0.05) is 113 Å². The second kappa shape index (κ2) is 6.81. The number of rotatable bonds is 1. The van der Waals surface area contributed by atoms with Crippen molar-refractivity contribution in [1.29, 1.82) is 0 Å². The molecule has 0 N–H and O–H groups in total. The molecule has 2 aliphatic carbocycles. The molecule has 8 rings (SSSR count). The van der Waals surface area contributed by atoms with E-state index in [9.17, 15) is 0 Å². The van der Waals surface area contributed by atoms with Crippen LogP contribution in [0.25, 0.3) is 49.7 Å². The maximum absolute atomic E-state index is 2.50. The zero-order valence-electron chi connectivity index (χ0n) is 21.8. The molecule has 0 amide bonds. The summed E-state index contributed by atoms with van der Waals surface area (Å²) in [6, 6.07) is 38.2. The molecule has 6 aromatic rings. The van der Waals surface area contributed by atoms with Crippen molar-refractivity contribution in [1.82, 2.24) is 4.57 Å². The van der Waals surface area contributed by atoms with Gasteiger partial charge in [-0.05, 0) is 62.7 Å². The monoisotopic (exact) mass is 475 g/mol. The van der Waals surface area contributed by atoms with E-state index >= 15 is 0 Å². The van der Waals surface area contributed by atoms with Crippen LogP contribution in [0.2, 0.25) is 0 Å². The summed E-state index contributed by atoms with van der Waals surface area (Å²) in [6.45, 7) is 9.72. The number of nitrogens with zero attached hydrogens (tertiary/aromatic N) is 1. The lowest BCUT2D eigenvalue weighted by molar-refractivity contribution is 0.603. The van der Waals surface area contributed by atoms with E-state index < -0.39 is 0 Å². The average molecular weight is 476 g/mol. The molecule has 1 aromatic heterocycles. The first-order valence-corrected chi connectivity index (χ1v) is 13.3. The lowest BCUT2D eigenvalue weighted by atomic mass is 9.72. The van der Waals surface area contributed by atoms with Crippen LogP contribution in [-0.4, -0.2) is 4.57 Å². The fourth-order valence-electron chi connectivity index (χ4n) is 7.63. The average Bonchev–Trinajstić information content (AvgIpc) is 3.46. The van der Waals surface area contributed by atoms with Crippen LogP contribution in [0, 0.1) is 0 Å². The molecule has 2 aliphatic rings. The molecule has 0 saturated heterocycles. The smallest absolute Gasteiger partial charge is 0.0588 e. The van der Waals surface area contributed by atoms with Crippen molar-refractivity contribution in [3.63, 3.8) is 0 Å². The van der Waals surface area contributed by atoms with Crippen LogP contribution in [-0.2, 0) is 10.8 Å². The summed E-state index contributed by atoms with van der Waals surface area (Å²) < 4.78 is 2.50. The lowest BCUT2D eigenvalue weighted by Crippen LogP contribution is -2.24. The number of para-hydroxylation sites is 2. The first kappa shape index (κ1) is 21.0. The highest BCUT2D eigenvalue weighted by Gasteiger charge is 2.46. The van der Waals surface area contributed by atoms with Gasteiger partial charge >= 0.3 is 0 Å². The summed E-state index contributed by atoms with van der Waals surface area (Å²) in [5.41, 5.74) is 15.1. The van der Waals surface area contributed by atoms with Gasteiger partial charge in [0.2, 0.25) is 0 Å². The van der Waals surface area contributed by atoms with Crippen LogP contribution in [0.3, 0.4) is 0 Å². The second-order valence-electron chi connectivity index (χ2n) is 11.8. The summed E-state index contributed by atoms with van der Waals surface area (Å²) in [5.74, 6) is 0. The van der Waals surface area contributed by atoms with Crippen LogP contribution < -0.4 is 0 Å². The molecular weight excluding hydrogens is 446 g/mol. The number of benzene rings is 5. The molecule has 0 radical (unpaired) electrons. The van der Waals surface area contributed by atoms with Crippen molar-refractivity contribution in [3.8, 4) is 27.9 Å². The van der Waals surface area contributed by atoms with Crippen molar-refractivity contribution in [3.05, 3.63) is 125 Å². The predicted molar refractivity (Wildman–Crippen MR) is 156 cm³/mol. The van der Waals surface area contributed by atoms with Crippen molar-refractivity contribution < 1.29 is 0 Å². The van der Waals surface area contributed by atoms with Gasteiger partial charge in [0.15, 0.2) is 0 Å². The Hall–Kier alpha value is -4.10. The molecule has 1 nitrogen and oxygen atoms in total. The second-order valence-corrected chi connectivity index (χ2v) is 11.8. The van der Waals surface area contributed by atoms with Gasteiger partial charge in [0.1, 0.15) is 0 Å². The highest BCUT2D eigenvalue weighted by atomic mass is 15.0. The molecule has 1 heterocycles. The van der Waals surface area contributed by atoms with E-state index in [1.807, 2.05) is 0 Å². The zero-order valence-corrected chi connectivity index (χ0v) is 21.8. The normalized spacial score (nSPS) is 16.0. The van der Waals surface area contributed by atoms with Gasteiger partial charge in [0.05, 0.1) is 11.0 Å². The van der Waals surface area contributed by atoms with E-state index in [0.29, 0.717) is 0 Å². The Balaban J connectivity index is 1.52. The van der Waals surface area contributed by atoms with Crippen molar-refractivity contribution >= 4 is 21.8 Å². The third-order valence-corrected chi connectivity index (χ3v) is 9.11. The van der Waals surface area contributed by atoms with E-state index in [1.54, 1.807) is 0 Å². The van der Waals surface area contributed by atoms with Crippen molar-refractivity contribution in [2.24, 2.45) is 0 Å². The molecule has 178 valence electrons. The predicted octanol–water partition coefficient (Wildman–Crippen LogP) is 9.40. The van der Waals surface area contributed by atoms with Gasteiger partial charge in [0, 0.05) is 27.3 Å². The molecule has 0 fully saturated rings.